The molecule has 0 fully saturated rings. The van der Waals surface area contributed by atoms with E-state index >= 15 is 0 Å². The van der Waals surface area contributed by atoms with Crippen LogP contribution in [0, 0.1) is 12.3 Å². The second-order valence-corrected chi connectivity index (χ2v) is 3.42. The minimum absolute atomic E-state index is 0.858. The van der Waals surface area contributed by atoms with Gasteiger partial charge in [-0.25, -0.2) is 0 Å². The van der Waals surface area contributed by atoms with Gasteiger partial charge in [-0.15, -0.1) is 12.3 Å². The Labute approximate surface area is 89.1 Å². The zero-order valence-corrected chi connectivity index (χ0v) is 9.34. The Balaban J connectivity index is 3.18. The molecule has 0 N–H and O–H groups in total. The number of unbranched alkanes of at least 4 members (excludes halogenated alkanes) is 4. The van der Waals surface area contributed by atoms with E-state index in [9.17, 15) is 0 Å². The summed E-state index contributed by atoms with van der Waals surface area (Å²) >= 11 is 0. The van der Waals surface area contributed by atoms with Crippen molar-refractivity contribution >= 4 is 0 Å². The van der Waals surface area contributed by atoms with Crippen molar-refractivity contribution in [3.8, 4) is 12.3 Å². The first-order valence-electron chi connectivity index (χ1n) is 5.65. The zero-order chi connectivity index (χ0) is 10.5. The van der Waals surface area contributed by atoms with Crippen molar-refractivity contribution in [1.82, 2.24) is 0 Å². The van der Waals surface area contributed by atoms with Gasteiger partial charge < -0.3 is 0 Å². The summed E-state index contributed by atoms with van der Waals surface area (Å²) in [6, 6.07) is 0. The molecule has 0 aromatic rings. The molecule has 0 heterocycles. The average Bonchev–Trinajstić information content (AvgIpc) is 2.21. The molecule has 78 valence electrons. The first-order chi connectivity index (χ1) is 6.91. The lowest BCUT2D eigenvalue weighted by Crippen LogP contribution is -1.70. The van der Waals surface area contributed by atoms with Gasteiger partial charge in [0.1, 0.15) is 0 Å². The normalized spacial score (nSPS) is 11.1. The van der Waals surface area contributed by atoms with E-state index in [-0.39, 0.29) is 0 Å². The van der Waals surface area contributed by atoms with E-state index in [1.807, 2.05) is 0 Å². The topological polar surface area (TPSA) is 0 Å². The van der Waals surface area contributed by atoms with Gasteiger partial charge in [-0.3, -0.25) is 0 Å². The quantitative estimate of drug-likeness (QED) is 0.301. The standard InChI is InChI=1S/C14H22/c1-3-5-7-9-11-13-14-12-10-8-6-4-2/h1,9,11-12,14H,4-8,10,13H2,2H3. The molecule has 14 heavy (non-hydrogen) atoms. The number of hydrogen-bond acceptors (Lipinski definition) is 0. The van der Waals surface area contributed by atoms with Crippen LogP contribution in [0.15, 0.2) is 24.3 Å². The van der Waals surface area contributed by atoms with E-state index in [1.54, 1.807) is 0 Å². The summed E-state index contributed by atoms with van der Waals surface area (Å²) in [7, 11) is 0. The maximum atomic E-state index is 5.14. The van der Waals surface area contributed by atoms with Crippen molar-refractivity contribution in [1.29, 1.82) is 0 Å². The fraction of sp³-hybridized carbons (Fsp3) is 0.571. The molecule has 0 aliphatic rings. The molecular formula is C14H22. The Morgan fingerprint density at radius 2 is 1.71 bits per heavy atom. The number of hydrogen-bond donors (Lipinski definition) is 0. The summed E-state index contributed by atoms with van der Waals surface area (Å²) in [6.07, 6.45) is 22.1. The van der Waals surface area contributed by atoms with Gasteiger partial charge in [0, 0.05) is 6.42 Å². The van der Waals surface area contributed by atoms with Gasteiger partial charge in [-0.2, -0.15) is 0 Å². The van der Waals surface area contributed by atoms with Gasteiger partial charge in [0.15, 0.2) is 0 Å². The van der Waals surface area contributed by atoms with Crippen LogP contribution in [0.5, 0.6) is 0 Å². The molecule has 0 saturated heterocycles. The van der Waals surface area contributed by atoms with Crippen molar-refractivity contribution in [2.24, 2.45) is 0 Å². The van der Waals surface area contributed by atoms with Crippen LogP contribution in [0.3, 0.4) is 0 Å². The summed E-state index contributed by atoms with van der Waals surface area (Å²) in [6.45, 7) is 2.23. The largest absolute Gasteiger partial charge is 0.120 e. The van der Waals surface area contributed by atoms with Crippen LogP contribution in [0.25, 0.3) is 0 Å². The second-order valence-electron chi connectivity index (χ2n) is 3.42. The summed E-state index contributed by atoms with van der Waals surface area (Å²) in [4.78, 5) is 0. The lowest BCUT2D eigenvalue weighted by atomic mass is 10.2. The molecular weight excluding hydrogens is 168 g/mol. The molecule has 0 saturated carbocycles. The Kier molecular flexibility index (Phi) is 11.2. The number of allylic oxidation sites excluding steroid dienone is 4. The summed E-state index contributed by atoms with van der Waals surface area (Å²) in [5.41, 5.74) is 0. The lowest BCUT2D eigenvalue weighted by Gasteiger charge is -1.90. The van der Waals surface area contributed by atoms with Crippen LogP contribution >= 0.6 is 0 Å². The van der Waals surface area contributed by atoms with Crippen molar-refractivity contribution in [2.75, 3.05) is 0 Å². The molecule has 0 unspecified atom stereocenters. The molecule has 0 heteroatoms. The molecule has 0 aliphatic heterocycles. The molecule has 0 bridgehead atoms. The highest BCUT2D eigenvalue weighted by molar-refractivity contribution is 4.95. The second kappa shape index (κ2) is 12.0. The molecule has 0 aromatic heterocycles. The highest BCUT2D eigenvalue weighted by atomic mass is 13.9. The van der Waals surface area contributed by atoms with E-state index < -0.39 is 0 Å². The van der Waals surface area contributed by atoms with Crippen LogP contribution in [-0.4, -0.2) is 0 Å². The van der Waals surface area contributed by atoms with Crippen LogP contribution in [0.2, 0.25) is 0 Å². The minimum Gasteiger partial charge on any atom is -0.120 e. The average molecular weight is 190 g/mol. The summed E-state index contributed by atoms with van der Waals surface area (Å²) < 4.78 is 0. The van der Waals surface area contributed by atoms with Crippen molar-refractivity contribution < 1.29 is 0 Å². The third-order valence-corrected chi connectivity index (χ3v) is 2.04. The fourth-order valence-corrected chi connectivity index (χ4v) is 1.19. The predicted molar refractivity (Wildman–Crippen MR) is 65.1 cm³/mol. The van der Waals surface area contributed by atoms with Crippen molar-refractivity contribution in [3.63, 3.8) is 0 Å². The van der Waals surface area contributed by atoms with Gasteiger partial charge in [0.05, 0.1) is 0 Å². The van der Waals surface area contributed by atoms with Gasteiger partial charge in [0.2, 0.25) is 0 Å². The van der Waals surface area contributed by atoms with Crippen LogP contribution in [0.1, 0.15) is 51.9 Å². The first-order valence-corrected chi connectivity index (χ1v) is 5.65. The van der Waals surface area contributed by atoms with Crippen LogP contribution in [-0.2, 0) is 0 Å². The van der Waals surface area contributed by atoms with E-state index in [0.29, 0.717) is 0 Å². The van der Waals surface area contributed by atoms with Crippen molar-refractivity contribution in [3.05, 3.63) is 24.3 Å². The molecule has 0 radical (unpaired) electrons. The predicted octanol–water partition coefficient (Wildman–Crippen LogP) is 4.48. The van der Waals surface area contributed by atoms with Crippen molar-refractivity contribution in [2.45, 2.75) is 51.9 Å². The SMILES string of the molecule is C#CCCC=CCC=CCCCCC. The molecule has 0 amide bonds. The highest BCUT2D eigenvalue weighted by Gasteiger charge is 1.80. The smallest absolute Gasteiger partial charge is 0.0121 e. The monoisotopic (exact) mass is 190 g/mol. The fourth-order valence-electron chi connectivity index (χ4n) is 1.19. The van der Waals surface area contributed by atoms with E-state index in [4.69, 9.17) is 6.42 Å². The lowest BCUT2D eigenvalue weighted by molar-refractivity contribution is 0.728. The Morgan fingerprint density at radius 1 is 1.00 bits per heavy atom. The maximum Gasteiger partial charge on any atom is 0.0121 e. The third-order valence-electron chi connectivity index (χ3n) is 2.04. The molecule has 0 rings (SSSR count). The Bertz CT molecular complexity index is 191. The third kappa shape index (κ3) is 11.0. The highest BCUT2D eigenvalue weighted by Crippen LogP contribution is 2.00. The number of rotatable bonds is 8. The van der Waals surface area contributed by atoms with Gasteiger partial charge in [0.25, 0.3) is 0 Å². The minimum atomic E-state index is 0.858. The van der Waals surface area contributed by atoms with Gasteiger partial charge in [-0.05, 0) is 25.7 Å². The van der Waals surface area contributed by atoms with Crippen LogP contribution in [0.4, 0.5) is 0 Å². The zero-order valence-electron chi connectivity index (χ0n) is 9.34. The maximum absolute atomic E-state index is 5.14. The summed E-state index contributed by atoms with van der Waals surface area (Å²) in [5.74, 6) is 2.62. The Morgan fingerprint density at radius 3 is 2.36 bits per heavy atom. The van der Waals surface area contributed by atoms with Gasteiger partial charge >= 0.3 is 0 Å². The summed E-state index contributed by atoms with van der Waals surface area (Å²) in [5, 5.41) is 0. The molecule has 0 spiro atoms. The molecule has 0 nitrogen and oxygen atoms in total. The first kappa shape index (κ1) is 13.0. The molecule has 0 atom stereocenters. The molecule has 0 aliphatic carbocycles. The van der Waals surface area contributed by atoms with E-state index in [0.717, 1.165) is 19.3 Å². The number of terminal acetylenes is 1. The molecule has 0 aromatic carbocycles. The van der Waals surface area contributed by atoms with E-state index in [2.05, 4.69) is 37.1 Å². The van der Waals surface area contributed by atoms with Gasteiger partial charge in [-0.1, -0.05) is 44.1 Å². The van der Waals surface area contributed by atoms with E-state index in [1.165, 1.54) is 25.7 Å². The van der Waals surface area contributed by atoms with Crippen LogP contribution < -0.4 is 0 Å². The Hall–Kier alpha value is -0.960.